The Hall–Kier alpha value is -2.21. The molecular formula is C17H21ClN4O2. The normalized spacial score (nSPS) is 15.4. The molecule has 1 aromatic heterocycles. The molecule has 6 nitrogen and oxygen atoms in total. The van der Waals surface area contributed by atoms with E-state index in [4.69, 9.17) is 26.8 Å². The Bertz CT molecular complexity index is 695. The smallest absolute Gasteiger partial charge is 0.221 e. The van der Waals surface area contributed by atoms with Crippen LogP contribution in [0.4, 0.5) is 11.6 Å². The van der Waals surface area contributed by atoms with Gasteiger partial charge in [0.15, 0.2) is 0 Å². The fraction of sp³-hybridized carbons (Fsp3) is 0.412. The molecule has 24 heavy (non-hydrogen) atoms. The van der Waals surface area contributed by atoms with Crippen LogP contribution < -0.4 is 20.1 Å². The first-order chi connectivity index (χ1) is 11.6. The van der Waals surface area contributed by atoms with Gasteiger partial charge in [0.2, 0.25) is 5.95 Å². The lowest BCUT2D eigenvalue weighted by Gasteiger charge is -2.34. The summed E-state index contributed by atoms with van der Waals surface area (Å²) in [4.78, 5) is 10.5. The van der Waals surface area contributed by atoms with E-state index in [-0.39, 0.29) is 5.95 Å². The highest BCUT2D eigenvalue weighted by molar-refractivity contribution is 6.30. The van der Waals surface area contributed by atoms with Gasteiger partial charge in [-0.25, -0.2) is 9.97 Å². The van der Waals surface area contributed by atoms with Crippen molar-refractivity contribution in [3.63, 3.8) is 0 Å². The predicted octanol–water partition coefficient (Wildman–Crippen LogP) is 3.11. The third kappa shape index (κ3) is 3.48. The van der Waals surface area contributed by atoms with Crippen LogP contribution in [0, 0.1) is 0 Å². The molecule has 2 heterocycles. The van der Waals surface area contributed by atoms with Crippen LogP contribution in [0.5, 0.6) is 11.5 Å². The second kappa shape index (κ2) is 7.13. The second-order valence-electron chi connectivity index (χ2n) is 5.81. The average molecular weight is 349 g/mol. The maximum atomic E-state index is 6.22. The van der Waals surface area contributed by atoms with Crippen LogP contribution in [0.3, 0.4) is 0 Å². The number of rotatable bonds is 4. The standard InChI is InChI=1S/C17H21ClN4O2/c1-23-13-7-12(8-14(9-13)24-2)22-5-3-11(4-6-22)15-10-20-17(19)21-16(15)18/h7-11H,3-6H2,1-2H3,(H2,19,20,21). The Balaban J connectivity index is 1.73. The summed E-state index contributed by atoms with van der Waals surface area (Å²) in [6.45, 7) is 1.84. The largest absolute Gasteiger partial charge is 0.497 e. The van der Waals surface area contributed by atoms with Gasteiger partial charge in [-0.2, -0.15) is 0 Å². The van der Waals surface area contributed by atoms with Crippen LogP contribution in [-0.2, 0) is 0 Å². The van der Waals surface area contributed by atoms with Crippen molar-refractivity contribution in [3.8, 4) is 11.5 Å². The van der Waals surface area contributed by atoms with Crippen LogP contribution in [0.2, 0.25) is 5.15 Å². The minimum Gasteiger partial charge on any atom is -0.497 e. The zero-order valence-electron chi connectivity index (χ0n) is 13.8. The molecule has 0 amide bonds. The Labute approximate surface area is 146 Å². The lowest BCUT2D eigenvalue weighted by atomic mass is 9.91. The van der Waals surface area contributed by atoms with Crippen LogP contribution in [0.1, 0.15) is 24.3 Å². The highest BCUT2D eigenvalue weighted by atomic mass is 35.5. The summed E-state index contributed by atoms with van der Waals surface area (Å²) in [5.74, 6) is 2.15. The van der Waals surface area contributed by atoms with Crippen molar-refractivity contribution >= 4 is 23.2 Å². The fourth-order valence-electron chi connectivity index (χ4n) is 3.08. The lowest BCUT2D eigenvalue weighted by Crippen LogP contribution is -2.33. The van der Waals surface area contributed by atoms with Gasteiger partial charge in [0, 0.05) is 48.7 Å². The molecule has 0 unspecified atom stereocenters. The quantitative estimate of drug-likeness (QED) is 0.856. The van der Waals surface area contributed by atoms with E-state index < -0.39 is 0 Å². The number of nitrogens with two attached hydrogens (primary N) is 1. The molecule has 0 aliphatic carbocycles. The number of nitrogen functional groups attached to an aromatic ring is 1. The van der Waals surface area contributed by atoms with Crippen molar-refractivity contribution in [2.75, 3.05) is 37.9 Å². The van der Waals surface area contributed by atoms with E-state index in [9.17, 15) is 0 Å². The summed E-state index contributed by atoms with van der Waals surface area (Å²) in [7, 11) is 3.32. The van der Waals surface area contributed by atoms with Gasteiger partial charge in [-0.1, -0.05) is 11.6 Å². The van der Waals surface area contributed by atoms with E-state index in [1.54, 1.807) is 20.4 Å². The summed E-state index contributed by atoms with van der Waals surface area (Å²) < 4.78 is 10.7. The van der Waals surface area contributed by atoms with Crippen molar-refractivity contribution in [1.82, 2.24) is 9.97 Å². The van der Waals surface area contributed by atoms with E-state index >= 15 is 0 Å². The zero-order valence-corrected chi connectivity index (χ0v) is 14.6. The molecule has 7 heteroatoms. The summed E-state index contributed by atoms with van der Waals surface area (Å²) in [6.07, 6.45) is 3.71. The van der Waals surface area contributed by atoms with Gasteiger partial charge in [0.25, 0.3) is 0 Å². The molecule has 1 aromatic carbocycles. The first kappa shape index (κ1) is 16.6. The highest BCUT2D eigenvalue weighted by Gasteiger charge is 2.24. The maximum absolute atomic E-state index is 6.22. The molecule has 1 fully saturated rings. The molecule has 2 N–H and O–H groups in total. The predicted molar refractivity (Wildman–Crippen MR) is 95.2 cm³/mol. The van der Waals surface area contributed by atoms with Crippen LogP contribution in [0.15, 0.2) is 24.4 Å². The Kier molecular flexibility index (Phi) is 4.94. The molecule has 1 aliphatic rings. The molecule has 0 saturated carbocycles. The van der Waals surface area contributed by atoms with Gasteiger partial charge in [0.1, 0.15) is 16.7 Å². The summed E-state index contributed by atoms with van der Waals surface area (Å²) >= 11 is 6.22. The van der Waals surface area contributed by atoms with Crippen LogP contribution in [0.25, 0.3) is 0 Å². The fourth-order valence-corrected chi connectivity index (χ4v) is 3.37. The van der Waals surface area contributed by atoms with Crippen LogP contribution in [-0.4, -0.2) is 37.3 Å². The van der Waals surface area contributed by atoms with Crippen molar-refractivity contribution in [3.05, 3.63) is 35.1 Å². The minimum absolute atomic E-state index is 0.213. The Morgan fingerprint density at radius 1 is 1.12 bits per heavy atom. The summed E-state index contributed by atoms with van der Waals surface area (Å²) in [6, 6.07) is 5.94. The van der Waals surface area contributed by atoms with E-state index in [1.807, 2.05) is 18.2 Å². The number of halogens is 1. The molecular weight excluding hydrogens is 328 g/mol. The summed E-state index contributed by atoms with van der Waals surface area (Å²) in [5, 5.41) is 0.462. The molecule has 0 spiro atoms. The van der Waals surface area contributed by atoms with Crippen molar-refractivity contribution < 1.29 is 9.47 Å². The van der Waals surface area contributed by atoms with E-state index in [0.29, 0.717) is 11.1 Å². The molecule has 0 radical (unpaired) electrons. The molecule has 2 aromatic rings. The highest BCUT2D eigenvalue weighted by Crippen LogP contribution is 2.35. The number of methoxy groups -OCH3 is 2. The summed E-state index contributed by atoms with van der Waals surface area (Å²) in [5.41, 5.74) is 7.65. The van der Waals surface area contributed by atoms with Gasteiger partial charge in [0.05, 0.1) is 14.2 Å². The monoisotopic (exact) mass is 348 g/mol. The van der Waals surface area contributed by atoms with Crippen molar-refractivity contribution in [1.29, 1.82) is 0 Å². The van der Waals surface area contributed by atoms with Gasteiger partial charge >= 0.3 is 0 Å². The van der Waals surface area contributed by atoms with E-state index in [1.165, 1.54) is 0 Å². The number of ether oxygens (including phenoxy) is 2. The number of anilines is 2. The molecule has 1 saturated heterocycles. The van der Waals surface area contributed by atoms with Crippen LogP contribution >= 0.6 is 11.6 Å². The number of piperidine rings is 1. The second-order valence-corrected chi connectivity index (χ2v) is 6.16. The first-order valence-electron chi connectivity index (χ1n) is 7.86. The zero-order chi connectivity index (χ0) is 17.1. The number of hydrogen-bond donors (Lipinski definition) is 1. The first-order valence-corrected chi connectivity index (χ1v) is 8.24. The number of nitrogens with zero attached hydrogens (tertiary/aromatic N) is 3. The third-order valence-corrected chi connectivity index (χ3v) is 4.73. The average Bonchev–Trinajstić information content (AvgIpc) is 2.61. The van der Waals surface area contributed by atoms with Gasteiger partial charge < -0.3 is 20.1 Å². The number of hydrogen-bond acceptors (Lipinski definition) is 6. The molecule has 0 atom stereocenters. The number of benzene rings is 1. The SMILES string of the molecule is COc1cc(OC)cc(N2CCC(c3cnc(N)nc3Cl)CC2)c1. The number of aromatic nitrogens is 2. The van der Waals surface area contributed by atoms with Gasteiger partial charge in [-0.05, 0) is 18.8 Å². The Morgan fingerprint density at radius 2 is 1.75 bits per heavy atom. The van der Waals surface area contributed by atoms with Gasteiger partial charge in [-0.15, -0.1) is 0 Å². The molecule has 0 bridgehead atoms. The van der Waals surface area contributed by atoms with E-state index in [0.717, 1.165) is 48.7 Å². The van der Waals surface area contributed by atoms with Gasteiger partial charge in [-0.3, -0.25) is 0 Å². The van der Waals surface area contributed by atoms with Crippen molar-refractivity contribution in [2.24, 2.45) is 0 Å². The van der Waals surface area contributed by atoms with Crippen molar-refractivity contribution in [2.45, 2.75) is 18.8 Å². The molecule has 1 aliphatic heterocycles. The molecule has 128 valence electrons. The lowest BCUT2D eigenvalue weighted by molar-refractivity contribution is 0.394. The topological polar surface area (TPSA) is 73.5 Å². The van der Waals surface area contributed by atoms with E-state index in [2.05, 4.69) is 14.9 Å². The third-order valence-electron chi connectivity index (χ3n) is 4.42. The minimum atomic E-state index is 0.213. The molecule has 3 rings (SSSR count). The Morgan fingerprint density at radius 3 is 2.29 bits per heavy atom. The maximum Gasteiger partial charge on any atom is 0.221 e.